The fourth-order valence-electron chi connectivity index (χ4n) is 0.706. The molecule has 1 fully saturated rings. The summed E-state index contributed by atoms with van der Waals surface area (Å²) in [6.07, 6.45) is 1.30. The molecular weight excluding hydrogens is 112 g/mol. The normalized spacial score (nSPS) is 42.0. The molecule has 1 aliphatic rings. The molecule has 42 valence electrons. The molecule has 1 saturated heterocycles. The fraction of sp³-hybridized carbons (Fsp3) is 1.00. The van der Waals surface area contributed by atoms with E-state index in [1.165, 1.54) is 0 Å². The fourth-order valence-corrected chi connectivity index (χ4v) is 0.867. The highest BCUT2D eigenvalue weighted by Gasteiger charge is 2.20. The third-order valence-corrected chi connectivity index (χ3v) is 1.86. The van der Waals surface area contributed by atoms with E-state index in [2.05, 4.69) is 0 Å². The van der Waals surface area contributed by atoms with E-state index in [4.69, 9.17) is 16.3 Å². The second-order valence-corrected chi connectivity index (χ2v) is 2.44. The number of ether oxygens (including phenoxy) is 1. The summed E-state index contributed by atoms with van der Waals surface area (Å²) in [7, 11) is 0. The van der Waals surface area contributed by atoms with Gasteiger partial charge < -0.3 is 4.74 Å². The second kappa shape index (κ2) is 2.01. The standard InChI is InChI=1S/C5H9ClO/c1-4-5(6)2-3-7-4/h4-5H,2-3H2,1H3/t4-,5-/m0/s1. The lowest BCUT2D eigenvalue weighted by Gasteiger charge is -2.02. The molecule has 0 amide bonds. The van der Waals surface area contributed by atoms with Gasteiger partial charge in [-0.2, -0.15) is 0 Å². The topological polar surface area (TPSA) is 9.23 Å². The van der Waals surface area contributed by atoms with Crippen LogP contribution in [0, 0.1) is 0 Å². The molecule has 0 aromatic rings. The zero-order chi connectivity index (χ0) is 5.28. The Morgan fingerprint density at radius 2 is 2.43 bits per heavy atom. The molecule has 0 aliphatic carbocycles. The average Bonchev–Trinajstić information content (AvgIpc) is 1.91. The highest BCUT2D eigenvalue weighted by molar-refractivity contribution is 6.21. The minimum absolute atomic E-state index is 0.264. The Hall–Kier alpha value is 0.250. The van der Waals surface area contributed by atoms with Crippen LogP contribution in [0.25, 0.3) is 0 Å². The first kappa shape index (κ1) is 5.39. The van der Waals surface area contributed by atoms with E-state index in [-0.39, 0.29) is 11.5 Å². The summed E-state index contributed by atoms with van der Waals surface area (Å²) in [4.78, 5) is 0. The van der Waals surface area contributed by atoms with Gasteiger partial charge in [-0.25, -0.2) is 0 Å². The van der Waals surface area contributed by atoms with Crippen LogP contribution < -0.4 is 0 Å². The quantitative estimate of drug-likeness (QED) is 0.439. The largest absolute Gasteiger partial charge is 0.377 e. The van der Waals surface area contributed by atoms with E-state index in [0.717, 1.165) is 13.0 Å². The van der Waals surface area contributed by atoms with E-state index in [1.54, 1.807) is 0 Å². The summed E-state index contributed by atoms with van der Waals surface area (Å²) in [5.41, 5.74) is 0. The van der Waals surface area contributed by atoms with Crippen molar-refractivity contribution in [1.29, 1.82) is 0 Å². The van der Waals surface area contributed by atoms with E-state index in [0.29, 0.717) is 0 Å². The Morgan fingerprint density at radius 3 is 2.57 bits per heavy atom. The minimum Gasteiger partial charge on any atom is -0.377 e. The average molecular weight is 121 g/mol. The predicted octanol–water partition coefficient (Wildman–Crippen LogP) is 1.40. The third kappa shape index (κ3) is 1.07. The molecule has 0 unspecified atom stereocenters. The number of hydrogen-bond donors (Lipinski definition) is 0. The summed E-state index contributed by atoms with van der Waals surface area (Å²) in [6.45, 7) is 2.85. The summed E-state index contributed by atoms with van der Waals surface area (Å²) in [5, 5.41) is 0.264. The van der Waals surface area contributed by atoms with Gasteiger partial charge in [-0.3, -0.25) is 0 Å². The van der Waals surface area contributed by atoms with Crippen LogP contribution in [0.3, 0.4) is 0 Å². The number of hydrogen-bond acceptors (Lipinski definition) is 1. The maximum atomic E-state index is 5.74. The van der Waals surface area contributed by atoms with Gasteiger partial charge in [0.05, 0.1) is 11.5 Å². The molecule has 2 atom stereocenters. The van der Waals surface area contributed by atoms with Crippen molar-refractivity contribution >= 4 is 11.6 Å². The van der Waals surface area contributed by atoms with Crippen molar-refractivity contribution in [2.24, 2.45) is 0 Å². The molecule has 1 aliphatic heterocycles. The predicted molar refractivity (Wildman–Crippen MR) is 29.7 cm³/mol. The van der Waals surface area contributed by atoms with Crippen molar-refractivity contribution in [2.45, 2.75) is 24.8 Å². The van der Waals surface area contributed by atoms with Crippen LogP contribution in [-0.2, 0) is 4.74 Å². The van der Waals surface area contributed by atoms with Crippen LogP contribution in [0.5, 0.6) is 0 Å². The van der Waals surface area contributed by atoms with Crippen LogP contribution >= 0.6 is 11.6 Å². The highest BCUT2D eigenvalue weighted by atomic mass is 35.5. The van der Waals surface area contributed by atoms with E-state index >= 15 is 0 Å². The Kier molecular flexibility index (Phi) is 1.55. The lowest BCUT2D eigenvalue weighted by atomic mass is 10.3. The Morgan fingerprint density at radius 1 is 1.71 bits per heavy atom. The maximum Gasteiger partial charge on any atom is 0.0711 e. The van der Waals surface area contributed by atoms with Crippen molar-refractivity contribution in [3.63, 3.8) is 0 Å². The maximum absolute atomic E-state index is 5.74. The van der Waals surface area contributed by atoms with Gasteiger partial charge in [0.2, 0.25) is 0 Å². The molecule has 0 spiro atoms. The zero-order valence-electron chi connectivity index (χ0n) is 4.36. The SMILES string of the molecule is C[C@@H]1OCC[C@@H]1Cl. The molecule has 1 rings (SSSR count). The first-order chi connectivity index (χ1) is 3.30. The molecule has 0 N–H and O–H groups in total. The van der Waals surface area contributed by atoms with Crippen LogP contribution in [0.15, 0.2) is 0 Å². The van der Waals surface area contributed by atoms with Crippen molar-refractivity contribution in [2.75, 3.05) is 6.61 Å². The summed E-state index contributed by atoms with van der Waals surface area (Å²) >= 11 is 5.74. The lowest BCUT2D eigenvalue weighted by molar-refractivity contribution is 0.126. The first-order valence-corrected chi connectivity index (χ1v) is 3.00. The van der Waals surface area contributed by atoms with Crippen molar-refractivity contribution in [1.82, 2.24) is 0 Å². The van der Waals surface area contributed by atoms with E-state index in [9.17, 15) is 0 Å². The van der Waals surface area contributed by atoms with Crippen LogP contribution in [-0.4, -0.2) is 18.1 Å². The van der Waals surface area contributed by atoms with Crippen molar-refractivity contribution < 1.29 is 4.74 Å². The van der Waals surface area contributed by atoms with Gasteiger partial charge >= 0.3 is 0 Å². The molecule has 0 aromatic carbocycles. The van der Waals surface area contributed by atoms with Crippen LogP contribution in [0.1, 0.15) is 13.3 Å². The van der Waals surface area contributed by atoms with Crippen molar-refractivity contribution in [3.05, 3.63) is 0 Å². The molecule has 0 bridgehead atoms. The molecule has 2 heteroatoms. The van der Waals surface area contributed by atoms with Gasteiger partial charge in [0.1, 0.15) is 0 Å². The Labute approximate surface area is 48.6 Å². The van der Waals surface area contributed by atoms with Gasteiger partial charge in [0, 0.05) is 6.61 Å². The van der Waals surface area contributed by atoms with Gasteiger partial charge in [-0.15, -0.1) is 11.6 Å². The molecule has 0 saturated carbocycles. The number of rotatable bonds is 0. The van der Waals surface area contributed by atoms with Gasteiger partial charge in [-0.1, -0.05) is 0 Å². The second-order valence-electron chi connectivity index (χ2n) is 1.88. The van der Waals surface area contributed by atoms with E-state index in [1.807, 2.05) is 6.92 Å². The van der Waals surface area contributed by atoms with Gasteiger partial charge in [-0.05, 0) is 13.3 Å². The number of halogens is 1. The summed E-state index contributed by atoms with van der Waals surface area (Å²) < 4.78 is 5.13. The van der Waals surface area contributed by atoms with Gasteiger partial charge in [0.25, 0.3) is 0 Å². The lowest BCUT2D eigenvalue weighted by Crippen LogP contribution is -2.09. The van der Waals surface area contributed by atoms with E-state index < -0.39 is 0 Å². The van der Waals surface area contributed by atoms with Gasteiger partial charge in [0.15, 0.2) is 0 Å². The minimum atomic E-state index is 0.264. The zero-order valence-corrected chi connectivity index (χ0v) is 5.11. The smallest absolute Gasteiger partial charge is 0.0711 e. The molecule has 7 heavy (non-hydrogen) atoms. The molecule has 0 radical (unpaired) electrons. The Bertz CT molecular complexity index is 57.1. The summed E-state index contributed by atoms with van der Waals surface area (Å²) in [6, 6.07) is 0. The molecular formula is C5H9ClO. The third-order valence-electron chi connectivity index (χ3n) is 1.28. The van der Waals surface area contributed by atoms with Crippen LogP contribution in [0.4, 0.5) is 0 Å². The first-order valence-electron chi connectivity index (χ1n) is 2.56. The molecule has 0 aromatic heterocycles. The molecule has 1 heterocycles. The van der Waals surface area contributed by atoms with Crippen molar-refractivity contribution in [3.8, 4) is 0 Å². The molecule has 1 nitrogen and oxygen atoms in total. The monoisotopic (exact) mass is 120 g/mol. The highest BCUT2D eigenvalue weighted by Crippen LogP contribution is 2.17. The number of alkyl halides is 1. The van der Waals surface area contributed by atoms with Crippen LogP contribution in [0.2, 0.25) is 0 Å². The summed E-state index contributed by atoms with van der Waals surface area (Å²) in [5.74, 6) is 0. The Balaban J connectivity index is 2.33.